The fourth-order valence-electron chi connectivity index (χ4n) is 0.554. The second-order valence-electron chi connectivity index (χ2n) is 2.29. The van der Waals surface area contributed by atoms with E-state index in [1.807, 2.05) is 19.0 Å². The Balaban J connectivity index is 3.16. The lowest BCUT2D eigenvalue weighted by Gasteiger charge is -2.06. The zero-order valence-corrected chi connectivity index (χ0v) is 6.15. The predicted octanol–water partition coefficient (Wildman–Crippen LogP) is 1.74. The van der Waals surface area contributed by atoms with Crippen LogP contribution >= 0.6 is 0 Å². The maximum Gasteiger partial charge on any atom is 0.0430 e. The standard InChI is InChI=1S/C7H17N/c1-4-5-6-7-8(2)3/h4-7H2,1-3H3/i7D. The van der Waals surface area contributed by atoms with E-state index in [1.54, 1.807) is 0 Å². The molecule has 0 aliphatic heterocycles. The average Bonchev–Trinajstić information content (AvgIpc) is 1.82. The van der Waals surface area contributed by atoms with Gasteiger partial charge in [-0.15, -0.1) is 0 Å². The molecule has 0 saturated heterocycles. The Kier molecular flexibility index (Phi) is 3.88. The van der Waals surface area contributed by atoms with Crippen molar-refractivity contribution in [2.24, 2.45) is 0 Å². The van der Waals surface area contributed by atoms with Gasteiger partial charge < -0.3 is 4.90 Å². The van der Waals surface area contributed by atoms with Crippen molar-refractivity contribution >= 4 is 0 Å². The largest absolute Gasteiger partial charge is 0.309 e. The third kappa shape index (κ3) is 5.96. The van der Waals surface area contributed by atoms with Gasteiger partial charge in [-0.05, 0) is 27.0 Å². The van der Waals surface area contributed by atoms with Gasteiger partial charge in [0.15, 0.2) is 0 Å². The van der Waals surface area contributed by atoms with Crippen LogP contribution in [0, 0.1) is 0 Å². The lowest BCUT2D eigenvalue weighted by Crippen LogP contribution is -2.12. The first-order chi connectivity index (χ1) is 4.18. The predicted molar refractivity (Wildman–Crippen MR) is 38.1 cm³/mol. The number of hydrogen-bond donors (Lipinski definition) is 0. The molecule has 0 aromatic carbocycles. The minimum absolute atomic E-state index is 0.00458. The topological polar surface area (TPSA) is 3.24 Å². The van der Waals surface area contributed by atoms with Crippen molar-refractivity contribution in [3.05, 3.63) is 0 Å². The molecule has 1 atom stereocenters. The van der Waals surface area contributed by atoms with Crippen LogP contribution in [0.15, 0.2) is 0 Å². The van der Waals surface area contributed by atoms with Crippen LogP contribution in [-0.2, 0) is 0 Å². The molecule has 0 aliphatic carbocycles. The first-order valence-corrected chi connectivity index (χ1v) is 3.27. The monoisotopic (exact) mass is 116 g/mol. The van der Waals surface area contributed by atoms with E-state index >= 15 is 0 Å². The van der Waals surface area contributed by atoms with E-state index in [-0.39, 0.29) is 6.52 Å². The third-order valence-electron chi connectivity index (χ3n) is 1.05. The Labute approximate surface area is 54.1 Å². The minimum atomic E-state index is 0.00458. The van der Waals surface area contributed by atoms with E-state index < -0.39 is 0 Å². The molecule has 0 radical (unpaired) electrons. The lowest BCUT2D eigenvalue weighted by molar-refractivity contribution is 0.393. The molecule has 0 N–H and O–H groups in total. The van der Waals surface area contributed by atoms with Gasteiger partial charge in [0.1, 0.15) is 0 Å². The number of hydrogen-bond acceptors (Lipinski definition) is 1. The van der Waals surface area contributed by atoms with Crippen LogP contribution in [0.3, 0.4) is 0 Å². The van der Waals surface area contributed by atoms with Gasteiger partial charge in [0, 0.05) is 1.37 Å². The molecular formula is C7H17N. The quantitative estimate of drug-likeness (QED) is 0.540. The molecular weight excluding hydrogens is 98.1 g/mol. The molecule has 1 unspecified atom stereocenters. The maximum atomic E-state index is 7.46. The second-order valence-corrected chi connectivity index (χ2v) is 2.29. The molecule has 0 saturated carbocycles. The van der Waals surface area contributed by atoms with E-state index in [4.69, 9.17) is 1.37 Å². The highest BCUT2D eigenvalue weighted by Gasteiger charge is 1.86. The third-order valence-corrected chi connectivity index (χ3v) is 1.05. The molecule has 1 heteroatoms. The summed E-state index contributed by atoms with van der Waals surface area (Å²) in [6.45, 7) is 2.16. The van der Waals surface area contributed by atoms with Gasteiger partial charge in [-0.3, -0.25) is 0 Å². The van der Waals surface area contributed by atoms with Crippen LogP contribution in [0.5, 0.6) is 0 Å². The Morgan fingerprint density at radius 1 is 1.38 bits per heavy atom. The van der Waals surface area contributed by atoms with Gasteiger partial charge in [-0.1, -0.05) is 19.8 Å². The summed E-state index contributed by atoms with van der Waals surface area (Å²) in [7, 11) is 3.90. The normalized spacial score (nSPS) is 16.2. The molecule has 0 fully saturated rings. The molecule has 0 aliphatic rings. The average molecular weight is 116 g/mol. The van der Waals surface area contributed by atoms with Gasteiger partial charge in [-0.25, -0.2) is 0 Å². The van der Waals surface area contributed by atoms with E-state index in [0.29, 0.717) is 0 Å². The van der Waals surface area contributed by atoms with Gasteiger partial charge in [0.05, 0.1) is 0 Å². The van der Waals surface area contributed by atoms with Crippen molar-refractivity contribution in [1.29, 1.82) is 0 Å². The molecule has 8 heavy (non-hydrogen) atoms. The first-order valence-electron chi connectivity index (χ1n) is 3.85. The van der Waals surface area contributed by atoms with Crippen LogP contribution in [0.2, 0.25) is 0 Å². The molecule has 0 heterocycles. The highest BCUT2D eigenvalue weighted by atomic mass is 15.0. The van der Waals surface area contributed by atoms with Gasteiger partial charge >= 0.3 is 0 Å². The molecule has 0 aromatic heterocycles. The molecule has 0 rings (SSSR count). The van der Waals surface area contributed by atoms with Crippen molar-refractivity contribution in [3.63, 3.8) is 0 Å². The number of nitrogens with zero attached hydrogens (tertiary/aromatic N) is 1. The van der Waals surface area contributed by atoms with Gasteiger partial charge in [0.25, 0.3) is 0 Å². The minimum Gasteiger partial charge on any atom is -0.309 e. The van der Waals surface area contributed by atoms with Crippen molar-refractivity contribution in [3.8, 4) is 0 Å². The van der Waals surface area contributed by atoms with Crippen LogP contribution in [0.4, 0.5) is 0 Å². The second kappa shape index (κ2) is 5.10. The van der Waals surface area contributed by atoms with Crippen molar-refractivity contribution in [1.82, 2.24) is 4.90 Å². The summed E-state index contributed by atoms with van der Waals surface area (Å²) < 4.78 is 7.46. The van der Waals surface area contributed by atoms with Crippen molar-refractivity contribution < 1.29 is 1.37 Å². The summed E-state index contributed by atoms with van der Waals surface area (Å²) in [4.78, 5) is 1.94. The van der Waals surface area contributed by atoms with Crippen molar-refractivity contribution in [2.75, 3.05) is 20.6 Å². The highest BCUT2D eigenvalue weighted by molar-refractivity contribution is 4.42. The summed E-state index contributed by atoms with van der Waals surface area (Å²) in [5.74, 6) is 0. The fourth-order valence-corrected chi connectivity index (χ4v) is 0.554. The van der Waals surface area contributed by atoms with Crippen LogP contribution in [-0.4, -0.2) is 25.5 Å². The Bertz CT molecular complexity index is 63.9. The fraction of sp³-hybridized carbons (Fsp3) is 1.00. The summed E-state index contributed by atoms with van der Waals surface area (Å²) >= 11 is 0. The van der Waals surface area contributed by atoms with Crippen molar-refractivity contribution in [2.45, 2.75) is 26.2 Å². The zero-order chi connectivity index (χ0) is 7.28. The first kappa shape index (κ1) is 6.09. The van der Waals surface area contributed by atoms with E-state index in [1.165, 1.54) is 12.8 Å². The smallest absolute Gasteiger partial charge is 0.0430 e. The summed E-state index contributed by atoms with van der Waals surface area (Å²) in [6, 6.07) is 0. The summed E-state index contributed by atoms with van der Waals surface area (Å²) in [5.41, 5.74) is 0. The number of rotatable bonds is 4. The van der Waals surface area contributed by atoms with Crippen LogP contribution in [0.25, 0.3) is 0 Å². The Hall–Kier alpha value is -0.0400. The molecule has 1 nitrogen and oxygen atoms in total. The molecule has 0 bridgehead atoms. The summed E-state index contributed by atoms with van der Waals surface area (Å²) in [5, 5.41) is 0. The molecule has 0 aromatic rings. The van der Waals surface area contributed by atoms with Crippen LogP contribution < -0.4 is 0 Å². The molecule has 0 spiro atoms. The summed E-state index contributed by atoms with van der Waals surface area (Å²) in [6.07, 6.45) is 3.37. The van der Waals surface area contributed by atoms with E-state index in [2.05, 4.69) is 6.92 Å². The van der Waals surface area contributed by atoms with Gasteiger partial charge in [0.2, 0.25) is 0 Å². The molecule has 50 valence electrons. The van der Waals surface area contributed by atoms with Gasteiger partial charge in [-0.2, -0.15) is 0 Å². The lowest BCUT2D eigenvalue weighted by atomic mass is 10.2. The van der Waals surface area contributed by atoms with E-state index in [0.717, 1.165) is 6.42 Å². The Morgan fingerprint density at radius 2 is 2.00 bits per heavy atom. The van der Waals surface area contributed by atoms with Crippen LogP contribution in [0.1, 0.15) is 27.6 Å². The molecule has 0 amide bonds. The zero-order valence-electron chi connectivity index (χ0n) is 7.15. The Morgan fingerprint density at radius 3 is 2.38 bits per heavy atom. The maximum absolute atomic E-state index is 7.46. The highest BCUT2D eigenvalue weighted by Crippen LogP contribution is 1.93. The number of unbranched alkanes of at least 4 members (excludes halogenated alkanes) is 1. The van der Waals surface area contributed by atoms with E-state index in [9.17, 15) is 0 Å². The SMILES string of the molecule is [2H]C(CCCC)N(C)C.